The van der Waals surface area contributed by atoms with Crippen LogP contribution < -0.4 is 4.90 Å². The number of halogens is 2. The topological polar surface area (TPSA) is 82.9 Å². The Labute approximate surface area is 217 Å². The van der Waals surface area contributed by atoms with Crippen molar-refractivity contribution in [3.8, 4) is 22.6 Å². The molecule has 0 saturated carbocycles. The predicted molar refractivity (Wildman–Crippen MR) is 140 cm³/mol. The molecule has 8 nitrogen and oxygen atoms in total. The molecule has 38 heavy (non-hydrogen) atoms. The number of imidazole rings is 2. The lowest BCUT2D eigenvalue weighted by Gasteiger charge is -2.35. The summed E-state index contributed by atoms with van der Waals surface area (Å²) in [7, 11) is 0. The molecule has 192 valence electrons. The molecule has 0 spiro atoms. The van der Waals surface area contributed by atoms with Crippen LogP contribution in [-0.4, -0.2) is 61.5 Å². The Morgan fingerprint density at radius 3 is 2.26 bits per heavy atom. The zero-order valence-electron chi connectivity index (χ0n) is 20.7. The summed E-state index contributed by atoms with van der Waals surface area (Å²) in [5.41, 5.74) is 4.84. The lowest BCUT2D eigenvalue weighted by Crippen LogP contribution is -2.50. The Morgan fingerprint density at radius 2 is 1.58 bits per heavy atom. The number of nitrogens with one attached hydrogen (secondary N) is 1. The first-order valence-corrected chi connectivity index (χ1v) is 12.4. The van der Waals surface area contributed by atoms with Crippen molar-refractivity contribution in [2.45, 2.75) is 13.5 Å². The summed E-state index contributed by atoms with van der Waals surface area (Å²) in [6.45, 7) is 4.45. The molecule has 0 unspecified atom stereocenters. The van der Waals surface area contributed by atoms with E-state index in [1.165, 1.54) is 24.3 Å². The fraction of sp³-hybridized carbons (Fsp3) is 0.214. The number of piperazine rings is 1. The van der Waals surface area contributed by atoms with Crippen molar-refractivity contribution in [1.29, 1.82) is 0 Å². The normalized spacial score (nSPS) is 13.9. The Balaban J connectivity index is 1.21. The summed E-state index contributed by atoms with van der Waals surface area (Å²) in [6.07, 6.45) is 5.28. The van der Waals surface area contributed by atoms with Gasteiger partial charge < -0.3 is 19.4 Å². The molecule has 4 heterocycles. The van der Waals surface area contributed by atoms with Crippen LogP contribution in [-0.2, 0) is 11.3 Å². The molecule has 6 rings (SSSR count). The average Bonchev–Trinajstić information content (AvgIpc) is 3.59. The number of aryl methyl sites for hydroxylation is 1. The standard InChI is InChI=1S/C28H25F2N7O/c1-18-14-31-28(26-25(18)32-17-33-26)36-12-10-35(11-13-36)24(38)16-37-15-23(19-2-6-21(29)7-3-19)34-27(37)20-4-8-22(30)9-5-20/h2-9,14-15,17H,10-13,16H2,1H3,(H,32,33). The molecule has 0 radical (unpaired) electrons. The highest BCUT2D eigenvalue weighted by molar-refractivity contribution is 5.88. The second-order valence-electron chi connectivity index (χ2n) is 9.35. The molecule has 1 saturated heterocycles. The Bertz CT molecular complexity index is 1600. The number of hydrogen-bond acceptors (Lipinski definition) is 5. The second kappa shape index (κ2) is 9.70. The quantitative estimate of drug-likeness (QED) is 0.376. The summed E-state index contributed by atoms with van der Waals surface area (Å²) < 4.78 is 28.8. The van der Waals surface area contributed by atoms with Crippen LogP contribution in [0, 0.1) is 18.6 Å². The van der Waals surface area contributed by atoms with Crippen molar-refractivity contribution in [1.82, 2.24) is 29.4 Å². The fourth-order valence-electron chi connectivity index (χ4n) is 4.83. The van der Waals surface area contributed by atoms with E-state index >= 15 is 0 Å². The van der Waals surface area contributed by atoms with Gasteiger partial charge in [-0.3, -0.25) is 4.79 Å². The summed E-state index contributed by atoms with van der Waals surface area (Å²) in [5.74, 6) is 0.652. The molecule has 1 aliphatic heterocycles. The lowest BCUT2D eigenvalue weighted by molar-refractivity contribution is -0.132. The van der Waals surface area contributed by atoms with E-state index in [2.05, 4.69) is 19.9 Å². The number of pyridine rings is 1. The minimum Gasteiger partial charge on any atom is -0.351 e. The molecule has 2 aromatic carbocycles. The smallest absolute Gasteiger partial charge is 0.242 e. The number of carbonyl (C=O) groups excluding carboxylic acids is 1. The summed E-state index contributed by atoms with van der Waals surface area (Å²) in [6, 6.07) is 12.0. The highest BCUT2D eigenvalue weighted by Crippen LogP contribution is 2.27. The number of nitrogens with zero attached hydrogens (tertiary/aromatic N) is 6. The van der Waals surface area contributed by atoms with E-state index in [1.807, 2.05) is 18.0 Å². The summed E-state index contributed by atoms with van der Waals surface area (Å²) >= 11 is 0. The number of carbonyl (C=O) groups is 1. The summed E-state index contributed by atoms with van der Waals surface area (Å²) in [5, 5.41) is 0. The van der Waals surface area contributed by atoms with E-state index in [1.54, 1.807) is 41.4 Å². The number of amides is 1. The Morgan fingerprint density at radius 1 is 0.921 bits per heavy atom. The van der Waals surface area contributed by atoms with Gasteiger partial charge in [0.2, 0.25) is 5.91 Å². The van der Waals surface area contributed by atoms with Gasteiger partial charge in [0.05, 0.1) is 17.5 Å². The molecule has 0 aliphatic carbocycles. The van der Waals surface area contributed by atoms with Gasteiger partial charge in [-0.25, -0.2) is 23.7 Å². The lowest BCUT2D eigenvalue weighted by atomic mass is 10.2. The molecule has 1 amide bonds. The van der Waals surface area contributed by atoms with Gasteiger partial charge in [0.25, 0.3) is 0 Å². The number of aromatic amines is 1. The van der Waals surface area contributed by atoms with Gasteiger partial charge in [0.15, 0.2) is 5.82 Å². The van der Waals surface area contributed by atoms with Crippen LogP contribution in [0.5, 0.6) is 0 Å². The van der Waals surface area contributed by atoms with Crippen molar-refractivity contribution in [3.63, 3.8) is 0 Å². The first kappa shape index (κ1) is 23.8. The van der Waals surface area contributed by atoms with Crippen LogP contribution >= 0.6 is 0 Å². The third-order valence-corrected chi connectivity index (χ3v) is 6.87. The number of anilines is 1. The molecule has 10 heteroatoms. The third kappa shape index (κ3) is 4.49. The number of benzene rings is 2. The van der Waals surface area contributed by atoms with Gasteiger partial charge in [-0.2, -0.15) is 0 Å². The van der Waals surface area contributed by atoms with Gasteiger partial charge in [-0.05, 0) is 61.0 Å². The van der Waals surface area contributed by atoms with Crippen LogP contribution in [0.15, 0.2) is 67.3 Å². The van der Waals surface area contributed by atoms with Crippen molar-refractivity contribution < 1.29 is 13.6 Å². The molecule has 1 fully saturated rings. The second-order valence-corrected chi connectivity index (χ2v) is 9.35. The average molecular weight is 514 g/mol. The van der Waals surface area contributed by atoms with Crippen LogP contribution in [0.2, 0.25) is 0 Å². The highest BCUT2D eigenvalue weighted by atomic mass is 19.1. The molecular formula is C28H25F2N7O. The van der Waals surface area contributed by atoms with Crippen molar-refractivity contribution in [2.24, 2.45) is 0 Å². The van der Waals surface area contributed by atoms with E-state index < -0.39 is 0 Å². The maximum atomic E-state index is 13.6. The van der Waals surface area contributed by atoms with E-state index in [4.69, 9.17) is 4.98 Å². The van der Waals surface area contributed by atoms with Gasteiger partial charge >= 0.3 is 0 Å². The molecule has 0 bridgehead atoms. The minimum atomic E-state index is -0.352. The van der Waals surface area contributed by atoms with E-state index in [0.717, 1.165) is 28.0 Å². The first-order valence-electron chi connectivity index (χ1n) is 12.4. The molecule has 1 aliphatic rings. The van der Waals surface area contributed by atoms with Crippen molar-refractivity contribution in [2.75, 3.05) is 31.1 Å². The zero-order chi connectivity index (χ0) is 26.2. The molecule has 5 aromatic rings. The third-order valence-electron chi connectivity index (χ3n) is 6.87. The van der Waals surface area contributed by atoms with Gasteiger partial charge in [0.1, 0.15) is 29.5 Å². The van der Waals surface area contributed by atoms with Crippen LogP contribution in [0.4, 0.5) is 14.6 Å². The monoisotopic (exact) mass is 513 g/mol. The largest absolute Gasteiger partial charge is 0.351 e. The number of rotatable bonds is 5. The van der Waals surface area contributed by atoms with Gasteiger partial charge in [-0.1, -0.05) is 0 Å². The molecule has 3 aromatic heterocycles. The molecular weight excluding hydrogens is 488 g/mol. The van der Waals surface area contributed by atoms with Gasteiger partial charge in [0, 0.05) is 49.7 Å². The molecule has 1 N–H and O–H groups in total. The molecule has 0 atom stereocenters. The Kier molecular flexibility index (Phi) is 6.07. The van der Waals surface area contributed by atoms with Crippen molar-refractivity contribution in [3.05, 3.63) is 84.4 Å². The Hall–Kier alpha value is -4.60. The maximum Gasteiger partial charge on any atom is 0.242 e. The zero-order valence-corrected chi connectivity index (χ0v) is 20.7. The van der Waals surface area contributed by atoms with Crippen LogP contribution in [0.25, 0.3) is 33.7 Å². The van der Waals surface area contributed by atoms with Gasteiger partial charge in [-0.15, -0.1) is 0 Å². The SMILES string of the molecule is Cc1cnc(N2CCN(C(=O)Cn3cc(-c4ccc(F)cc4)nc3-c3ccc(F)cc3)CC2)c2[nH]cnc12. The van der Waals surface area contributed by atoms with E-state index in [-0.39, 0.29) is 24.1 Å². The minimum absolute atomic E-state index is 0.0420. The van der Waals surface area contributed by atoms with Crippen LogP contribution in [0.3, 0.4) is 0 Å². The van der Waals surface area contributed by atoms with E-state index in [0.29, 0.717) is 43.3 Å². The van der Waals surface area contributed by atoms with E-state index in [9.17, 15) is 13.6 Å². The maximum absolute atomic E-state index is 13.6. The predicted octanol–water partition coefficient (Wildman–Crippen LogP) is 4.42. The number of H-pyrrole nitrogens is 1. The summed E-state index contributed by atoms with van der Waals surface area (Å²) in [4.78, 5) is 34.3. The highest BCUT2D eigenvalue weighted by Gasteiger charge is 2.25. The number of hydrogen-bond donors (Lipinski definition) is 1. The number of aromatic nitrogens is 5. The number of fused-ring (bicyclic) bond motifs is 1. The fourth-order valence-corrected chi connectivity index (χ4v) is 4.83. The first-order chi connectivity index (χ1) is 18.5. The van der Waals surface area contributed by atoms with Crippen molar-refractivity contribution >= 4 is 22.8 Å². The van der Waals surface area contributed by atoms with Crippen LogP contribution in [0.1, 0.15) is 5.56 Å².